The standard InChI is InChI=1S/C15H25NO4/c1-11(16-15(2,9-17)10-18)7-12-5-6-13(19-3)14(8-12)20-4/h5-6,8,11,16-18H,7,9-10H2,1-4H3. The van der Waals surface area contributed by atoms with E-state index in [1.54, 1.807) is 21.1 Å². The molecule has 0 spiro atoms. The average molecular weight is 283 g/mol. The first-order chi connectivity index (χ1) is 9.47. The van der Waals surface area contributed by atoms with Crippen molar-refractivity contribution in [2.24, 2.45) is 0 Å². The Morgan fingerprint density at radius 3 is 2.25 bits per heavy atom. The van der Waals surface area contributed by atoms with Crippen molar-refractivity contribution in [1.82, 2.24) is 5.32 Å². The molecule has 1 unspecified atom stereocenters. The van der Waals surface area contributed by atoms with Crippen LogP contribution in [-0.2, 0) is 6.42 Å². The third-order valence-corrected chi connectivity index (χ3v) is 3.28. The SMILES string of the molecule is COc1ccc(CC(C)NC(C)(CO)CO)cc1OC. The molecule has 0 aromatic heterocycles. The highest BCUT2D eigenvalue weighted by atomic mass is 16.5. The highest BCUT2D eigenvalue weighted by Crippen LogP contribution is 2.28. The fraction of sp³-hybridized carbons (Fsp3) is 0.600. The highest BCUT2D eigenvalue weighted by Gasteiger charge is 2.24. The normalized spacial score (nSPS) is 13.1. The maximum Gasteiger partial charge on any atom is 0.160 e. The van der Waals surface area contributed by atoms with Gasteiger partial charge in [-0.2, -0.15) is 0 Å². The van der Waals surface area contributed by atoms with Crippen LogP contribution in [0.15, 0.2) is 18.2 Å². The average Bonchev–Trinajstić information content (AvgIpc) is 2.46. The molecule has 3 N–H and O–H groups in total. The number of rotatable bonds is 8. The molecular formula is C15H25NO4. The quantitative estimate of drug-likeness (QED) is 0.663. The van der Waals surface area contributed by atoms with E-state index >= 15 is 0 Å². The molecule has 1 aromatic carbocycles. The van der Waals surface area contributed by atoms with Gasteiger partial charge in [0.25, 0.3) is 0 Å². The second-order valence-corrected chi connectivity index (χ2v) is 5.32. The minimum absolute atomic E-state index is 0.109. The lowest BCUT2D eigenvalue weighted by Gasteiger charge is -2.30. The smallest absolute Gasteiger partial charge is 0.160 e. The van der Waals surface area contributed by atoms with Crippen molar-refractivity contribution in [3.05, 3.63) is 23.8 Å². The van der Waals surface area contributed by atoms with E-state index in [0.717, 1.165) is 12.0 Å². The summed E-state index contributed by atoms with van der Waals surface area (Å²) in [5, 5.41) is 21.8. The molecule has 0 aliphatic rings. The maximum absolute atomic E-state index is 9.29. The molecule has 0 bridgehead atoms. The molecule has 0 aliphatic carbocycles. The van der Waals surface area contributed by atoms with Crippen molar-refractivity contribution >= 4 is 0 Å². The molecular weight excluding hydrogens is 258 g/mol. The summed E-state index contributed by atoms with van der Waals surface area (Å²) in [5.74, 6) is 1.40. The Balaban J connectivity index is 2.73. The van der Waals surface area contributed by atoms with Crippen LogP contribution in [0.25, 0.3) is 0 Å². The van der Waals surface area contributed by atoms with Crippen LogP contribution in [0.5, 0.6) is 11.5 Å². The zero-order chi connectivity index (χ0) is 15.2. The van der Waals surface area contributed by atoms with Crippen LogP contribution in [-0.4, -0.2) is 49.2 Å². The molecule has 1 aromatic rings. The highest BCUT2D eigenvalue weighted by molar-refractivity contribution is 5.43. The topological polar surface area (TPSA) is 71.0 Å². The summed E-state index contributed by atoms with van der Waals surface area (Å²) in [6.45, 7) is 3.58. The third kappa shape index (κ3) is 4.37. The van der Waals surface area contributed by atoms with Crippen LogP contribution in [0.4, 0.5) is 0 Å². The number of nitrogens with one attached hydrogen (secondary N) is 1. The number of aliphatic hydroxyl groups is 2. The number of ether oxygens (including phenoxy) is 2. The fourth-order valence-corrected chi connectivity index (χ4v) is 2.15. The van der Waals surface area contributed by atoms with Crippen LogP contribution < -0.4 is 14.8 Å². The van der Waals surface area contributed by atoms with Gasteiger partial charge in [0.2, 0.25) is 0 Å². The van der Waals surface area contributed by atoms with E-state index in [4.69, 9.17) is 9.47 Å². The molecule has 0 radical (unpaired) electrons. The first-order valence-electron chi connectivity index (χ1n) is 6.68. The molecule has 1 rings (SSSR count). The lowest BCUT2D eigenvalue weighted by atomic mass is 10.0. The first-order valence-corrected chi connectivity index (χ1v) is 6.68. The second kappa shape index (κ2) is 7.47. The Labute approximate surface area is 120 Å². The van der Waals surface area contributed by atoms with Gasteiger partial charge >= 0.3 is 0 Å². The summed E-state index contributed by atoms with van der Waals surface area (Å²) in [6, 6.07) is 5.90. The largest absolute Gasteiger partial charge is 0.493 e. The molecule has 5 heteroatoms. The monoisotopic (exact) mass is 283 g/mol. The van der Waals surface area contributed by atoms with E-state index in [0.29, 0.717) is 11.5 Å². The van der Waals surface area contributed by atoms with Gasteiger partial charge in [0.15, 0.2) is 11.5 Å². The molecule has 0 saturated heterocycles. The third-order valence-electron chi connectivity index (χ3n) is 3.28. The number of methoxy groups -OCH3 is 2. The van der Waals surface area contributed by atoms with Crippen LogP contribution in [0, 0.1) is 0 Å². The number of hydrogen-bond acceptors (Lipinski definition) is 5. The Morgan fingerprint density at radius 1 is 1.15 bits per heavy atom. The van der Waals surface area contributed by atoms with Gasteiger partial charge in [0.1, 0.15) is 0 Å². The van der Waals surface area contributed by atoms with Gasteiger partial charge in [-0.1, -0.05) is 6.07 Å². The lowest BCUT2D eigenvalue weighted by molar-refractivity contribution is 0.0957. The van der Waals surface area contributed by atoms with E-state index < -0.39 is 5.54 Å². The minimum Gasteiger partial charge on any atom is -0.493 e. The van der Waals surface area contributed by atoms with Gasteiger partial charge in [-0.3, -0.25) is 0 Å². The molecule has 0 saturated carbocycles. The van der Waals surface area contributed by atoms with Crippen LogP contribution >= 0.6 is 0 Å². The summed E-state index contributed by atoms with van der Waals surface area (Å²) in [5.41, 5.74) is 0.427. The second-order valence-electron chi connectivity index (χ2n) is 5.32. The van der Waals surface area contributed by atoms with Crippen LogP contribution in [0.1, 0.15) is 19.4 Å². The lowest BCUT2D eigenvalue weighted by Crippen LogP contribution is -2.53. The van der Waals surface area contributed by atoms with E-state index in [-0.39, 0.29) is 19.3 Å². The van der Waals surface area contributed by atoms with Crippen LogP contribution in [0.2, 0.25) is 0 Å². The number of aliphatic hydroxyl groups excluding tert-OH is 2. The van der Waals surface area contributed by atoms with Gasteiger partial charge in [-0.05, 0) is 38.0 Å². The maximum atomic E-state index is 9.29. The first kappa shape index (κ1) is 16.8. The summed E-state index contributed by atoms with van der Waals surface area (Å²) >= 11 is 0. The van der Waals surface area contributed by atoms with Gasteiger partial charge in [0, 0.05) is 6.04 Å². The minimum atomic E-state index is -0.671. The van der Waals surface area contributed by atoms with Gasteiger partial charge < -0.3 is 25.0 Å². The summed E-state index contributed by atoms with van der Waals surface area (Å²) < 4.78 is 10.5. The van der Waals surface area contributed by atoms with Crippen molar-refractivity contribution in [1.29, 1.82) is 0 Å². The molecule has 20 heavy (non-hydrogen) atoms. The van der Waals surface area contributed by atoms with Crippen molar-refractivity contribution in [3.8, 4) is 11.5 Å². The Kier molecular flexibility index (Phi) is 6.26. The number of benzene rings is 1. The molecule has 114 valence electrons. The van der Waals surface area contributed by atoms with E-state index in [1.165, 1.54) is 0 Å². The van der Waals surface area contributed by atoms with E-state index in [9.17, 15) is 10.2 Å². The molecule has 0 aliphatic heterocycles. The van der Waals surface area contributed by atoms with Crippen molar-refractivity contribution in [2.75, 3.05) is 27.4 Å². The summed E-state index contributed by atoms with van der Waals surface area (Å²) in [4.78, 5) is 0. The van der Waals surface area contributed by atoms with Crippen molar-refractivity contribution in [2.45, 2.75) is 31.8 Å². The Morgan fingerprint density at radius 2 is 1.75 bits per heavy atom. The summed E-state index contributed by atoms with van der Waals surface area (Å²) in [7, 11) is 3.22. The van der Waals surface area contributed by atoms with Gasteiger partial charge in [-0.15, -0.1) is 0 Å². The predicted octanol–water partition coefficient (Wildman–Crippen LogP) is 0.968. The Hall–Kier alpha value is -1.30. The zero-order valence-corrected chi connectivity index (χ0v) is 12.6. The predicted molar refractivity (Wildman–Crippen MR) is 78.4 cm³/mol. The molecule has 5 nitrogen and oxygen atoms in total. The van der Waals surface area contributed by atoms with E-state index in [2.05, 4.69) is 5.32 Å². The number of hydrogen-bond donors (Lipinski definition) is 3. The van der Waals surface area contributed by atoms with Gasteiger partial charge in [-0.25, -0.2) is 0 Å². The van der Waals surface area contributed by atoms with Crippen molar-refractivity contribution < 1.29 is 19.7 Å². The molecule has 0 heterocycles. The molecule has 1 atom stereocenters. The fourth-order valence-electron chi connectivity index (χ4n) is 2.15. The zero-order valence-electron chi connectivity index (χ0n) is 12.6. The van der Waals surface area contributed by atoms with Crippen molar-refractivity contribution in [3.63, 3.8) is 0 Å². The van der Waals surface area contributed by atoms with Crippen LogP contribution in [0.3, 0.4) is 0 Å². The summed E-state index contributed by atoms with van der Waals surface area (Å²) in [6.07, 6.45) is 0.760. The van der Waals surface area contributed by atoms with Gasteiger partial charge in [0.05, 0.1) is 33.0 Å². The van der Waals surface area contributed by atoms with E-state index in [1.807, 2.05) is 25.1 Å². The molecule has 0 fully saturated rings. The Bertz CT molecular complexity index is 418. The molecule has 0 amide bonds.